The second-order valence-corrected chi connectivity index (χ2v) is 6.33. The number of carbonyl (C=O) groups excluding carboxylic acids is 1. The predicted octanol–water partition coefficient (Wildman–Crippen LogP) is 3.81. The van der Waals surface area contributed by atoms with Crippen LogP contribution in [0.3, 0.4) is 0 Å². The summed E-state index contributed by atoms with van der Waals surface area (Å²) in [6.07, 6.45) is 6.33. The number of halogens is 2. The molecule has 1 amide bonds. The Balaban J connectivity index is 0.000000273. The lowest BCUT2D eigenvalue weighted by molar-refractivity contribution is 0.100. The number of amides is 1. The van der Waals surface area contributed by atoms with Crippen molar-refractivity contribution in [3.05, 3.63) is 59.2 Å². The highest BCUT2D eigenvalue weighted by atomic mass is 19.1. The van der Waals surface area contributed by atoms with Crippen LogP contribution in [-0.4, -0.2) is 23.5 Å². The molecule has 1 heterocycles. The van der Waals surface area contributed by atoms with Crippen LogP contribution < -0.4 is 16.9 Å². The van der Waals surface area contributed by atoms with Crippen LogP contribution in [0.5, 0.6) is 0 Å². The molecule has 0 spiro atoms. The molecule has 1 unspecified atom stereocenters. The van der Waals surface area contributed by atoms with E-state index in [9.17, 15) is 13.6 Å². The molecule has 5 nitrogen and oxygen atoms in total. The monoisotopic (exact) mass is 376 g/mol. The Hall–Kier alpha value is -2.67. The van der Waals surface area contributed by atoms with E-state index >= 15 is 0 Å². The summed E-state index contributed by atoms with van der Waals surface area (Å²) in [5.74, 6) is -1.27. The molecular weight excluding hydrogens is 350 g/mol. The van der Waals surface area contributed by atoms with E-state index in [2.05, 4.69) is 30.4 Å². The number of nitrogens with one attached hydrogen (secondary N) is 1. The molecule has 3 rings (SSSR count). The highest BCUT2D eigenvalue weighted by Gasteiger charge is 2.23. The van der Waals surface area contributed by atoms with E-state index in [1.54, 1.807) is 12.1 Å². The number of nitrogens with two attached hydrogens (primary N) is 2. The number of benzene rings is 1. The van der Waals surface area contributed by atoms with E-state index in [0.717, 1.165) is 30.3 Å². The van der Waals surface area contributed by atoms with Gasteiger partial charge in [-0.1, -0.05) is 6.92 Å². The summed E-state index contributed by atoms with van der Waals surface area (Å²) in [6.45, 7) is 5.05. The highest BCUT2D eigenvalue weighted by molar-refractivity contribution is 5.94. The zero-order valence-electron chi connectivity index (χ0n) is 15.6. The van der Waals surface area contributed by atoms with Crippen LogP contribution in [0.1, 0.15) is 49.0 Å². The molecule has 1 aromatic rings. The van der Waals surface area contributed by atoms with E-state index < -0.39 is 11.7 Å². The van der Waals surface area contributed by atoms with Crippen LogP contribution in [0.4, 0.5) is 14.5 Å². The van der Waals surface area contributed by atoms with Gasteiger partial charge in [-0.15, -0.1) is 0 Å². The molecule has 1 aliphatic carbocycles. The second kappa shape index (κ2) is 9.32. The van der Waals surface area contributed by atoms with Gasteiger partial charge < -0.3 is 16.5 Å². The number of nitrogen functional groups attached to an aromatic ring is 1. The van der Waals surface area contributed by atoms with Crippen molar-refractivity contribution < 1.29 is 13.6 Å². The second-order valence-electron chi connectivity index (χ2n) is 6.33. The fraction of sp³-hybridized carbons (Fsp3) is 0.350. The maximum atomic E-state index is 12.0. The molecule has 2 aliphatic rings. The highest BCUT2D eigenvalue weighted by Crippen LogP contribution is 2.29. The van der Waals surface area contributed by atoms with Crippen molar-refractivity contribution in [3.8, 4) is 0 Å². The number of rotatable bonds is 4. The molecule has 0 aromatic heterocycles. The first-order valence-electron chi connectivity index (χ1n) is 9.02. The van der Waals surface area contributed by atoms with Crippen LogP contribution in [0.25, 0.3) is 5.70 Å². The summed E-state index contributed by atoms with van der Waals surface area (Å²) < 4.78 is 24.0. The Morgan fingerprint density at radius 2 is 2.07 bits per heavy atom. The van der Waals surface area contributed by atoms with Crippen LogP contribution in [0.2, 0.25) is 0 Å². The first-order chi connectivity index (χ1) is 12.8. The Bertz CT molecular complexity index is 786. The van der Waals surface area contributed by atoms with Crippen LogP contribution >= 0.6 is 0 Å². The van der Waals surface area contributed by atoms with Crippen LogP contribution in [0, 0.1) is 0 Å². The Labute approximate surface area is 158 Å². The molecule has 0 bridgehead atoms. The van der Waals surface area contributed by atoms with E-state index in [0.29, 0.717) is 30.1 Å². The fourth-order valence-electron chi connectivity index (χ4n) is 2.87. The van der Waals surface area contributed by atoms with Crippen molar-refractivity contribution in [1.29, 1.82) is 0 Å². The number of hydrazine groups is 1. The fourth-order valence-corrected chi connectivity index (χ4v) is 2.87. The molecule has 1 aromatic carbocycles. The third-order valence-electron chi connectivity index (χ3n) is 4.36. The minimum Gasteiger partial charge on any atom is -0.398 e. The van der Waals surface area contributed by atoms with E-state index in [1.165, 1.54) is 6.08 Å². The molecule has 0 saturated heterocycles. The summed E-state index contributed by atoms with van der Waals surface area (Å²) in [6, 6.07) is 5.52. The van der Waals surface area contributed by atoms with E-state index in [4.69, 9.17) is 11.5 Å². The first-order valence-corrected chi connectivity index (χ1v) is 9.02. The number of carbonyl (C=O) groups is 1. The van der Waals surface area contributed by atoms with Crippen molar-refractivity contribution in [2.24, 2.45) is 5.73 Å². The van der Waals surface area contributed by atoms with Crippen LogP contribution in [0.15, 0.2) is 48.1 Å². The van der Waals surface area contributed by atoms with Gasteiger partial charge in [0.2, 0.25) is 5.91 Å². The Kier molecular flexibility index (Phi) is 7.12. The van der Waals surface area contributed by atoms with Crippen molar-refractivity contribution in [3.63, 3.8) is 0 Å². The standard InChI is InChI=1S/C14H20N4O.C6H6F2/c1-3-10-8-13(18(4-2)17-10)11-6-5-9(14(16)19)7-12(11)15;7-5-2-1-3-6(8)4-5/h5-8,10,17H,3-4,15H2,1-2H3,(H2,16,19);2,4H,1,3H2. The molecule has 1 atom stereocenters. The van der Waals surface area contributed by atoms with E-state index in [1.807, 2.05) is 6.07 Å². The number of primary amides is 1. The summed E-state index contributed by atoms with van der Waals surface area (Å²) in [5.41, 5.74) is 17.7. The molecule has 146 valence electrons. The summed E-state index contributed by atoms with van der Waals surface area (Å²) in [4.78, 5) is 11.1. The molecule has 27 heavy (non-hydrogen) atoms. The topological polar surface area (TPSA) is 84.4 Å². The Morgan fingerprint density at radius 1 is 1.33 bits per heavy atom. The number of hydrogen-bond acceptors (Lipinski definition) is 4. The lowest BCUT2D eigenvalue weighted by Crippen LogP contribution is -2.36. The number of allylic oxidation sites excluding steroid dienone is 4. The van der Waals surface area contributed by atoms with Gasteiger partial charge in [-0.2, -0.15) is 0 Å². The molecule has 0 fully saturated rings. The summed E-state index contributed by atoms with van der Waals surface area (Å²) >= 11 is 0. The quantitative estimate of drug-likeness (QED) is 0.698. The lowest BCUT2D eigenvalue weighted by atomic mass is 10.0. The Morgan fingerprint density at radius 3 is 2.56 bits per heavy atom. The van der Waals surface area contributed by atoms with Gasteiger partial charge >= 0.3 is 0 Å². The number of hydrogen-bond donors (Lipinski definition) is 3. The predicted molar refractivity (Wildman–Crippen MR) is 105 cm³/mol. The number of nitrogens with zero attached hydrogens (tertiary/aromatic N) is 1. The molecular formula is C20H26F2N4O. The van der Waals surface area contributed by atoms with Gasteiger partial charge in [0.1, 0.15) is 11.7 Å². The van der Waals surface area contributed by atoms with Crippen molar-refractivity contribution in [2.75, 3.05) is 12.3 Å². The molecule has 5 N–H and O–H groups in total. The molecule has 0 saturated carbocycles. The zero-order chi connectivity index (χ0) is 20.0. The molecule has 7 heteroatoms. The van der Waals surface area contributed by atoms with Gasteiger partial charge in [0.25, 0.3) is 0 Å². The molecule has 1 aliphatic heterocycles. The smallest absolute Gasteiger partial charge is 0.248 e. The minimum absolute atomic E-state index is 0.324. The minimum atomic E-state index is -0.462. The summed E-state index contributed by atoms with van der Waals surface area (Å²) in [7, 11) is 0. The van der Waals surface area contributed by atoms with E-state index in [-0.39, 0.29) is 5.83 Å². The third kappa shape index (κ3) is 5.40. The summed E-state index contributed by atoms with van der Waals surface area (Å²) in [5, 5.41) is 2.07. The maximum absolute atomic E-state index is 12.0. The van der Waals surface area contributed by atoms with Gasteiger partial charge in [0.05, 0.1) is 5.70 Å². The average Bonchev–Trinajstić information content (AvgIpc) is 3.05. The van der Waals surface area contributed by atoms with Gasteiger partial charge in [-0.25, -0.2) is 14.2 Å². The largest absolute Gasteiger partial charge is 0.398 e. The third-order valence-corrected chi connectivity index (χ3v) is 4.36. The van der Waals surface area contributed by atoms with Crippen molar-refractivity contribution >= 4 is 17.3 Å². The lowest BCUT2D eigenvalue weighted by Gasteiger charge is -2.23. The maximum Gasteiger partial charge on any atom is 0.248 e. The van der Waals surface area contributed by atoms with Crippen molar-refractivity contribution in [1.82, 2.24) is 10.4 Å². The van der Waals surface area contributed by atoms with Gasteiger partial charge in [0, 0.05) is 41.9 Å². The number of anilines is 1. The van der Waals surface area contributed by atoms with Gasteiger partial charge in [-0.3, -0.25) is 4.79 Å². The molecule has 0 radical (unpaired) electrons. The zero-order valence-corrected chi connectivity index (χ0v) is 15.6. The SMILES string of the molecule is CCC1C=C(c2ccc(C(N)=O)cc2N)N(CC)N1.FC1=CCCC(F)=C1. The normalized spacial score (nSPS) is 18.9. The van der Waals surface area contributed by atoms with Crippen LogP contribution in [-0.2, 0) is 0 Å². The van der Waals surface area contributed by atoms with Gasteiger partial charge in [-0.05, 0) is 50.1 Å². The average molecular weight is 376 g/mol. The van der Waals surface area contributed by atoms with Gasteiger partial charge in [0.15, 0.2) is 0 Å². The first kappa shape index (κ1) is 20.6. The van der Waals surface area contributed by atoms with Crippen molar-refractivity contribution in [2.45, 2.75) is 39.2 Å².